The van der Waals surface area contributed by atoms with Crippen LogP contribution in [0.2, 0.25) is 0 Å². The monoisotopic (exact) mass is 249 g/mol. The molecule has 1 saturated heterocycles. The summed E-state index contributed by atoms with van der Waals surface area (Å²) in [5, 5.41) is 9.04. The van der Waals surface area contributed by atoms with Crippen molar-refractivity contribution in [2.45, 2.75) is 23.8 Å². The van der Waals surface area contributed by atoms with Gasteiger partial charge in [-0.25, -0.2) is 0 Å². The summed E-state index contributed by atoms with van der Waals surface area (Å²) in [5.41, 5.74) is 0.703. The molecule has 2 rings (SSSR count). The van der Waals surface area contributed by atoms with Gasteiger partial charge < -0.3 is 9.47 Å². The van der Waals surface area contributed by atoms with Gasteiger partial charge in [-0.2, -0.15) is 5.26 Å². The zero-order valence-electron chi connectivity index (χ0n) is 9.81. The second-order valence-corrected chi connectivity index (χ2v) is 4.98. The molecule has 90 valence electrons. The van der Waals surface area contributed by atoms with E-state index in [1.165, 1.54) is 0 Å². The van der Waals surface area contributed by atoms with Crippen LogP contribution in [-0.2, 0) is 4.74 Å². The van der Waals surface area contributed by atoms with E-state index < -0.39 is 0 Å². The van der Waals surface area contributed by atoms with Crippen LogP contribution in [0.1, 0.15) is 18.4 Å². The zero-order valence-corrected chi connectivity index (χ0v) is 10.6. The lowest BCUT2D eigenvalue weighted by Crippen LogP contribution is -2.07. The fourth-order valence-electron chi connectivity index (χ4n) is 1.80. The molecular formula is C13H15NO2S. The van der Waals surface area contributed by atoms with Gasteiger partial charge in [0.2, 0.25) is 0 Å². The number of nitrogens with zero attached hydrogens (tertiary/aromatic N) is 1. The Kier molecular flexibility index (Phi) is 4.29. The number of benzene rings is 1. The normalized spacial score (nSPS) is 18.9. The summed E-state index contributed by atoms with van der Waals surface area (Å²) < 4.78 is 10.7. The summed E-state index contributed by atoms with van der Waals surface area (Å²) in [6.45, 7) is 0.869. The van der Waals surface area contributed by atoms with E-state index in [-0.39, 0.29) is 0 Å². The van der Waals surface area contributed by atoms with Gasteiger partial charge in [-0.15, -0.1) is 11.8 Å². The molecule has 4 heteroatoms. The summed E-state index contributed by atoms with van der Waals surface area (Å²) in [5.74, 6) is 1.70. The van der Waals surface area contributed by atoms with Crippen LogP contribution >= 0.6 is 11.8 Å². The molecule has 1 atom stereocenters. The van der Waals surface area contributed by atoms with Crippen molar-refractivity contribution >= 4 is 11.8 Å². The first kappa shape index (κ1) is 12.3. The van der Waals surface area contributed by atoms with Crippen LogP contribution in [0.3, 0.4) is 0 Å². The fraction of sp³-hybridized carbons (Fsp3) is 0.462. The molecule has 1 unspecified atom stereocenters. The SMILES string of the molecule is COc1ccc(C#N)c(SCC2CCCO2)c1. The molecule has 1 aliphatic heterocycles. The van der Waals surface area contributed by atoms with E-state index in [0.717, 1.165) is 35.8 Å². The molecule has 0 saturated carbocycles. The molecule has 1 aromatic rings. The van der Waals surface area contributed by atoms with Crippen molar-refractivity contribution in [2.24, 2.45) is 0 Å². The van der Waals surface area contributed by atoms with Crippen molar-refractivity contribution in [3.8, 4) is 11.8 Å². The van der Waals surface area contributed by atoms with Gasteiger partial charge >= 0.3 is 0 Å². The fourth-order valence-corrected chi connectivity index (χ4v) is 2.90. The Balaban J connectivity index is 2.04. The average molecular weight is 249 g/mol. The van der Waals surface area contributed by atoms with E-state index in [1.807, 2.05) is 12.1 Å². The molecule has 1 heterocycles. The van der Waals surface area contributed by atoms with E-state index in [1.54, 1.807) is 24.9 Å². The molecule has 1 fully saturated rings. The van der Waals surface area contributed by atoms with Crippen LogP contribution in [0.25, 0.3) is 0 Å². The molecule has 0 aromatic heterocycles. The number of ether oxygens (including phenoxy) is 2. The van der Waals surface area contributed by atoms with Crippen molar-refractivity contribution in [3.05, 3.63) is 23.8 Å². The van der Waals surface area contributed by atoms with E-state index in [9.17, 15) is 0 Å². The van der Waals surface area contributed by atoms with Crippen LogP contribution < -0.4 is 4.74 Å². The van der Waals surface area contributed by atoms with Gasteiger partial charge in [-0.3, -0.25) is 0 Å². The standard InChI is InChI=1S/C13H15NO2S/c1-15-11-5-4-10(8-14)13(7-11)17-9-12-3-2-6-16-12/h4-5,7,12H,2-3,6,9H2,1H3. The van der Waals surface area contributed by atoms with Crippen LogP contribution in [0.5, 0.6) is 5.75 Å². The number of rotatable bonds is 4. The van der Waals surface area contributed by atoms with Gasteiger partial charge in [-0.05, 0) is 31.0 Å². The third kappa shape index (κ3) is 3.15. The maximum absolute atomic E-state index is 9.04. The number of methoxy groups -OCH3 is 1. The molecule has 0 aliphatic carbocycles. The largest absolute Gasteiger partial charge is 0.497 e. The van der Waals surface area contributed by atoms with Crippen molar-refractivity contribution in [1.82, 2.24) is 0 Å². The lowest BCUT2D eigenvalue weighted by Gasteiger charge is -2.10. The van der Waals surface area contributed by atoms with Crippen LogP contribution in [0.4, 0.5) is 0 Å². The molecule has 3 nitrogen and oxygen atoms in total. The Labute approximate surface area is 106 Å². The Morgan fingerprint density at radius 1 is 1.59 bits per heavy atom. The molecule has 17 heavy (non-hydrogen) atoms. The maximum atomic E-state index is 9.04. The summed E-state index contributed by atoms with van der Waals surface area (Å²) in [6, 6.07) is 7.74. The number of nitriles is 1. The molecule has 0 spiro atoms. The van der Waals surface area contributed by atoms with Gasteiger partial charge in [0.15, 0.2) is 0 Å². The zero-order chi connectivity index (χ0) is 12.1. The first-order valence-corrected chi connectivity index (χ1v) is 6.64. The predicted molar refractivity (Wildman–Crippen MR) is 67.4 cm³/mol. The first-order chi connectivity index (χ1) is 8.33. The summed E-state index contributed by atoms with van der Waals surface area (Å²) >= 11 is 1.67. The van der Waals surface area contributed by atoms with E-state index in [4.69, 9.17) is 14.7 Å². The summed E-state index contributed by atoms with van der Waals surface area (Å²) in [7, 11) is 1.63. The quantitative estimate of drug-likeness (QED) is 0.769. The third-order valence-corrected chi connectivity index (χ3v) is 3.95. The lowest BCUT2D eigenvalue weighted by atomic mass is 10.2. The van der Waals surface area contributed by atoms with Crippen molar-refractivity contribution in [3.63, 3.8) is 0 Å². The van der Waals surface area contributed by atoms with Crippen LogP contribution in [-0.4, -0.2) is 25.6 Å². The second kappa shape index (κ2) is 5.95. The highest BCUT2D eigenvalue weighted by atomic mass is 32.2. The van der Waals surface area contributed by atoms with Gasteiger partial charge in [0.1, 0.15) is 11.8 Å². The van der Waals surface area contributed by atoms with Gasteiger partial charge in [0.05, 0.1) is 18.8 Å². The van der Waals surface area contributed by atoms with Crippen LogP contribution in [0.15, 0.2) is 23.1 Å². The number of thioether (sulfide) groups is 1. The Morgan fingerprint density at radius 2 is 2.47 bits per heavy atom. The predicted octanol–water partition coefficient (Wildman–Crippen LogP) is 2.84. The smallest absolute Gasteiger partial charge is 0.120 e. The number of hydrogen-bond donors (Lipinski definition) is 0. The minimum absolute atomic E-state index is 0.331. The maximum Gasteiger partial charge on any atom is 0.120 e. The summed E-state index contributed by atoms with van der Waals surface area (Å²) in [4.78, 5) is 0.974. The summed E-state index contributed by atoms with van der Waals surface area (Å²) in [6.07, 6.45) is 2.60. The van der Waals surface area contributed by atoms with E-state index in [2.05, 4.69) is 6.07 Å². The minimum Gasteiger partial charge on any atom is -0.497 e. The Morgan fingerprint density at radius 3 is 3.12 bits per heavy atom. The highest BCUT2D eigenvalue weighted by Crippen LogP contribution is 2.29. The van der Waals surface area contributed by atoms with Gasteiger partial charge in [0, 0.05) is 17.3 Å². The van der Waals surface area contributed by atoms with Gasteiger partial charge in [0.25, 0.3) is 0 Å². The Hall–Kier alpha value is -1.18. The molecule has 1 aliphatic rings. The van der Waals surface area contributed by atoms with Crippen LogP contribution in [0, 0.1) is 11.3 Å². The topological polar surface area (TPSA) is 42.2 Å². The Bertz CT molecular complexity index is 422. The lowest BCUT2D eigenvalue weighted by molar-refractivity contribution is 0.129. The second-order valence-electron chi connectivity index (χ2n) is 3.92. The van der Waals surface area contributed by atoms with E-state index in [0.29, 0.717) is 11.7 Å². The molecule has 0 radical (unpaired) electrons. The molecule has 0 N–H and O–H groups in total. The molecule has 0 bridgehead atoms. The third-order valence-electron chi connectivity index (χ3n) is 2.76. The van der Waals surface area contributed by atoms with Crippen molar-refractivity contribution < 1.29 is 9.47 Å². The van der Waals surface area contributed by atoms with Crippen molar-refractivity contribution in [2.75, 3.05) is 19.5 Å². The van der Waals surface area contributed by atoms with E-state index >= 15 is 0 Å². The van der Waals surface area contributed by atoms with Gasteiger partial charge in [-0.1, -0.05) is 0 Å². The number of hydrogen-bond acceptors (Lipinski definition) is 4. The minimum atomic E-state index is 0.331. The van der Waals surface area contributed by atoms with Crippen molar-refractivity contribution in [1.29, 1.82) is 5.26 Å². The average Bonchev–Trinajstić information content (AvgIpc) is 2.89. The first-order valence-electron chi connectivity index (χ1n) is 5.66. The molecule has 1 aromatic carbocycles. The molecular weight excluding hydrogens is 234 g/mol. The molecule has 0 amide bonds. The highest BCUT2D eigenvalue weighted by molar-refractivity contribution is 7.99. The highest BCUT2D eigenvalue weighted by Gasteiger charge is 2.16.